The minimum absolute atomic E-state index is 0.271. The van der Waals surface area contributed by atoms with Crippen molar-refractivity contribution in [2.24, 2.45) is 0 Å². The van der Waals surface area contributed by atoms with Gasteiger partial charge in [-0.15, -0.1) is 0 Å². The van der Waals surface area contributed by atoms with Crippen molar-refractivity contribution in [1.29, 1.82) is 0 Å². The van der Waals surface area contributed by atoms with Gasteiger partial charge in [0, 0.05) is 0 Å². The molecule has 26 heavy (non-hydrogen) atoms. The number of carbonyl (C=O) groups is 1. The molecule has 5 nitrogen and oxygen atoms in total. The smallest absolute Gasteiger partial charge is 0.416 e. The minimum Gasteiger partial charge on any atom is -0.464 e. The number of rotatable bonds is 5. The fourth-order valence-electron chi connectivity index (χ4n) is 1.73. The fourth-order valence-corrected chi connectivity index (χ4v) is 2.10. The monoisotopic (exact) mass is 412 g/mol. The third-order valence-electron chi connectivity index (χ3n) is 3.05. The van der Waals surface area contributed by atoms with Crippen LogP contribution in [0, 0.1) is 5.95 Å². The SMILES string of the molecule is Nc1c(Cl)c(F)nc(OCC(=O)OCc2ccc(C(F)(F)F)cc2)c1Cl. The molecular formula is C15H10Cl2F4N2O3. The maximum Gasteiger partial charge on any atom is 0.416 e. The number of aromatic nitrogens is 1. The van der Waals surface area contributed by atoms with Crippen LogP contribution in [0.4, 0.5) is 23.2 Å². The maximum absolute atomic E-state index is 13.4. The summed E-state index contributed by atoms with van der Waals surface area (Å²) >= 11 is 11.3. The molecule has 0 saturated carbocycles. The lowest BCUT2D eigenvalue weighted by Crippen LogP contribution is -2.16. The Balaban J connectivity index is 1.90. The van der Waals surface area contributed by atoms with E-state index in [9.17, 15) is 22.4 Å². The van der Waals surface area contributed by atoms with E-state index in [4.69, 9.17) is 38.4 Å². The molecule has 11 heteroatoms. The van der Waals surface area contributed by atoms with Crippen LogP contribution in [-0.4, -0.2) is 17.6 Å². The number of alkyl halides is 3. The molecule has 0 aliphatic heterocycles. The molecule has 2 aromatic rings. The molecule has 0 aliphatic carbocycles. The van der Waals surface area contributed by atoms with E-state index in [1.807, 2.05) is 0 Å². The van der Waals surface area contributed by atoms with Crippen LogP contribution < -0.4 is 10.5 Å². The Morgan fingerprint density at radius 3 is 2.35 bits per heavy atom. The lowest BCUT2D eigenvalue weighted by molar-refractivity contribution is -0.147. The molecule has 0 fully saturated rings. The van der Waals surface area contributed by atoms with Gasteiger partial charge in [0.1, 0.15) is 16.7 Å². The Morgan fingerprint density at radius 1 is 1.15 bits per heavy atom. The summed E-state index contributed by atoms with van der Waals surface area (Å²) < 4.78 is 60.5. The van der Waals surface area contributed by atoms with Crippen molar-refractivity contribution in [2.45, 2.75) is 12.8 Å². The van der Waals surface area contributed by atoms with Crippen LogP contribution in [0.5, 0.6) is 5.88 Å². The van der Waals surface area contributed by atoms with Gasteiger partial charge in [-0.2, -0.15) is 22.5 Å². The second-order valence-electron chi connectivity index (χ2n) is 4.89. The highest BCUT2D eigenvalue weighted by molar-refractivity contribution is 6.39. The minimum atomic E-state index is -4.45. The summed E-state index contributed by atoms with van der Waals surface area (Å²) in [5.41, 5.74) is 4.67. The van der Waals surface area contributed by atoms with Crippen LogP contribution in [0.15, 0.2) is 24.3 Å². The van der Waals surface area contributed by atoms with E-state index in [1.165, 1.54) is 12.1 Å². The van der Waals surface area contributed by atoms with Crippen molar-refractivity contribution in [3.63, 3.8) is 0 Å². The first kappa shape index (κ1) is 20.1. The van der Waals surface area contributed by atoms with Gasteiger partial charge >= 0.3 is 12.1 Å². The summed E-state index contributed by atoms with van der Waals surface area (Å²) in [4.78, 5) is 14.9. The van der Waals surface area contributed by atoms with Crippen molar-refractivity contribution in [1.82, 2.24) is 4.98 Å². The third-order valence-corrected chi connectivity index (χ3v) is 3.77. The van der Waals surface area contributed by atoms with Crippen LogP contribution in [0.1, 0.15) is 11.1 Å². The highest BCUT2D eigenvalue weighted by Gasteiger charge is 2.29. The first-order chi connectivity index (χ1) is 12.1. The van der Waals surface area contributed by atoms with E-state index in [-0.39, 0.29) is 17.3 Å². The normalized spacial score (nSPS) is 11.3. The van der Waals surface area contributed by atoms with Gasteiger partial charge in [-0.05, 0) is 17.7 Å². The summed E-state index contributed by atoms with van der Waals surface area (Å²) in [5.74, 6) is -2.45. The average molecular weight is 413 g/mol. The Morgan fingerprint density at radius 2 is 1.77 bits per heavy atom. The molecule has 0 amide bonds. The van der Waals surface area contributed by atoms with Crippen LogP contribution in [0.25, 0.3) is 0 Å². The molecule has 0 radical (unpaired) electrons. The third kappa shape index (κ3) is 4.89. The molecule has 0 saturated heterocycles. The summed E-state index contributed by atoms with van der Waals surface area (Å²) in [6, 6.07) is 4.07. The number of nitrogen functional groups attached to an aromatic ring is 1. The number of hydrogen-bond donors (Lipinski definition) is 1. The number of pyridine rings is 1. The van der Waals surface area contributed by atoms with Crippen LogP contribution >= 0.6 is 23.2 Å². The highest BCUT2D eigenvalue weighted by atomic mass is 35.5. The molecular weight excluding hydrogens is 403 g/mol. The Hall–Kier alpha value is -2.26. The van der Waals surface area contributed by atoms with E-state index in [0.29, 0.717) is 5.56 Å². The number of nitrogens with zero attached hydrogens (tertiary/aromatic N) is 1. The first-order valence-electron chi connectivity index (χ1n) is 6.84. The maximum atomic E-state index is 13.4. The van der Waals surface area contributed by atoms with Gasteiger partial charge in [-0.3, -0.25) is 0 Å². The lowest BCUT2D eigenvalue weighted by atomic mass is 10.1. The molecule has 1 aromatic carbocycles. The molecule has 1 aromatic heterocycles. The Labute approximate surface area is 154 Å². The zero-order valence-electron chi connectivity index (χ0n) is 12.7. The highest BCUT2D eigenvalue weighted by Crippen LogP contribution is 2.35. The Bertz CT molecular complexity index is 814. The van der Waals surface area contributed by atoms with Gasteiger partial charge in [-0.25, -0.2) is 4.79 Å². The molecule has 1 heterocycles. The van der Waals surface area contributed by atoms with Gasteiger partial charge in [0.15, 0.2) is 6.61 Å². The second-order valence-corrected chi connectivity index (χ2v) is 5.65. The number of benzene rings is 1. The predicted molar refractivity (Wildman–Crippen MR) is 85.4 cm³/mol. The van der Waals surface area contributed by atoms with Crippen LogP contribution in [0.2, 0.25) is 10.0 Å². The fraction of sp³-hybridized carbons (Fsp3) is 0.200. The number of esters is 1. The number of carbonyl (C=O) groups excluding carboxylic acids is 1. The van der Waals surface area contributed by atoms with Crippen molar-refractivity contribution >= 4 is 34.9 Å². The van der Waals surface area contributed by atoms with Crippen molar-refractivity contribution in [3.8, 4) is 5.88 Å². The molecule has 0 bridgehead atoms. The van der Waals surface area contributed by atoms with Gasteiger partial charge in [0.05, 0.1) is 11.3 Å². The van der Waals surface area contributed by atoms with E-state index in [2.05, 4.69) is 4.98 Å². The van der Waals surface area contributed by atoms with E-state index < -0.39 is 41.2 Å². The molecule has 0 unspecified atom stereocenters. The van der Waals surface area contributed by atoms with Crippen molar-refractivity contribution < 1.29 is 31.8 Å². The van der Waals surface area contributed by atoms with Crippen molar-refractivity contribution in [3.05, 3.63) is 51.4 Å². The summed E-state index contributed by atoms with van der Waals surface area (Å²) in [5, 5.41) is -0.751. The number of hydrogen-bond acceptors (Lipinski definition) is 5. The molecule has 0 atom stereocenters. The van der Waals surface area contributed by atoms with Gasteiger partial charge in [-0.1, -0.05) is 35.3 Å². The molecule has 0 aliphatic rings. The molecule has 2 N–H and O–H groups in total. The van der Waals surface area contributed by atoms with E-state index in [1.54, 1.807) is 0 Å². The topological polar surface area (TPSA) is 74.4 Å². The van der Waals surface area contributed by atoms with Gasteiger partial charge in [0.2, 0.25) is 11.8 Å². The summed E-state index contributed by atoms with van der Waals surface area (Å²) in [7, 11) is 0. The first-order valence-corrected chi connectivity index (χ1v) is 7.59. The zero-order valence-corrected chi connectivity index (χ0v) is 14.3. The second kappa shape index (κ2) is 7.96. The number of nitrogens with two attached hydrogens (primary N) is 1. The van der Waals surface area contributed by atoms with Gasteiger partial charge in [0.25, 0.3) is 0 Å². The average Bonchev–Trinajstić information content (AvgIpc) is 2.59. The summed E-state index contributed by atoms with van der Waals surface area (Å²) in [6.07, 6.45) is -4.45. The Kier molecular flexibility index (Phi) is 6.14. The predicted octanol–water partition coefficient (Wildman–Crippen LogP) is 4.25. The quantitative estimate of drug-likeness (QED) is 0.451. The van der Waals surface area contributed by atoms with E-state index in [0.717, 1.165) is 12.1 Å². The molecule has 0 spiro atoms. The van der Waals surface area contributed by atoms with Crippen molar-refractivity contribution in [2.75, 3.05) is 12.3 Å². The van der Waals surface area contributed by atoms with Gasteiger partial charge < -0.3 is 15.2 Å². The molecule has 140 valence electrons. The zero-order chi connectivity index (χ0) is 19.5. The van der Waals surface area contributed by atoms with E-state index >= 15 is 0 Å². The number of ether oxygens (including phenoxy) is 2. The largest absolute Gasteiger partial charge is 0.464 e. The lowest BCUT2D eigenvalue weighted by Gasteiger charge is -2.10. The molecule has 2 rings (SSSR count). The summed E-state index contributed by atoms with van der Waals surface area (Å²) in [6.45, 7) is -0.952. The number of anilines is 1. The standard InChI is InChI=1S/C15H10Cl2F4N2O3/c16-10-12(22)11(17)14(23-13(10)18)26-6-9(24)25-5-7-1-3-8(4-2-7)15(19,20)21/h1-4H,5-6H2,(H2,22,23). The number of halogens is 6. The van der Waals surface area contributed by atoms with Crippen LogP contribution in [0.3, 0.4) is 0 Å². The van der Waals surface area contributed by atoms with Crippen LogP contribution in [-0.2, 0) is 22.3 Å².